The summed E-state index contributed by atoms with van der Waals surface area (Å²) >= 11 is 0. The number of benzene rings is 4. The van der Waals surface area contributed by atoms with E-state index in [1.165, 1.54) is 0 Å². The Balaban J connectivity index is 1.02. The van der Waals surface area contributed by atoms with Crippen molar-refractivity contribution in [2.45, 2.75) is 62.7 Å². The third-order valence-corrected chi connectivity index (χ3v) is 8.44. The third-order valence-electron chi connectivity index (χ3n) is 8.44. The van der Waals surface area contributed by atoms with Gasteiger partial charge in [0, 0.05) is 60.3 Å². The molecule has 2 fully saturated rings. The van der Waals surface area contributed by atoms with Gasteiger partial charge in [0.25, 0.3) is 11.8 Å². The fourth-order valence-corrected chi connectivity index (χ4v) is 5.91. The number of aliphatic hydroxyl groups is 4. The maximum atomic E-state index is 13.0. The number of hydrogen-bond acceptors (Lipinski definition) is 10. The smallest absolute Gasteiger partial charge is 0.255 e. The average molecular weight is 685 g/mol. The zero-order valence-corrected chi connectivity index (χ0v) is 27.2. The number of carbonyl (C=O) groups excluding carboxylic acids is 2. The average Bonchev–Trinajstić information content (AvgIpc) is 3.11. The van der Waals surface area contributed by atoms with Gasteiger partial charge in [0.05, 0.1) is 37.6 Å². The molecule has 6 atom stereocenters. The number of carbonyl (C=O) groups is 2. The van der Waals surface area contributed by atoms with Gasteiger partial charge in [-0.15, -0.1) is 0 Å². The van der Waals surface area contributed by atoms with Crippen LogP contribution >= 0.6 is 0 Å². The summed E-state index contributed by atoms with van der Waals surface area (Å²) in [5, 5.41) is 44.6. The van der Waals surface area contributed by atoms with Crippen LogP contribution in [0.2, 0.25) is 0 Å². The summed E-state index contributed by atoms with van der Waals surface area (Å²) in [5.41, 5.74) is 3.67. The van der Waals surface area contributed by atoms with Gasteiger partial charge in [-0.1, -0.05) is 36.4 Å². The van der Waals surface area contributed by atoms with E-state index in [1.807, 2.05) is 24.3 Å². The maximum absolute atomic E-state index is 13.0. The number of rotatable bonds is 11. The number of nitrogens with one attached hydrogen (secondary N) is 2. The number of aliphatic hydroxyl groups excluding tert-OH is 4. The molecule has 0 saturated carbocycles. The van der Waals surface area contributed by atoms with Crippen LogP contribution in [0.3, 0.4) is 0 Å². The van der Waals surface area contributed by atoms with E-state index in [0.717, 1.165) is 11.1 Å². The van der Waals surface area contributed by atoms with Crippen molar-refractivity contribution >= 4 is 23.2 Å². The first-order chi connectivity index (χ1) is 24.2. The van der Waals surface area contributed by atoms with Crippen molar-refractivity contribution < 1.29 is 49.0 Å². The number of ether oxygens (including phenoxy) is 4. The molecule has 2 aliphatic rings. The molecular weight excluding hydrogens is 644 g/mol. The Morgan fingerprint density at radius 1 is 0.600 bits per heavy atom. The van der Waals surface area contributed by atoms with Gasteiger partial charge in [-0.2, -0.15) is 0 Å². The van der Waals surface area contributed by atoms with Crippen LogP contribution < -0.4 is 20.1 Å². The highest BCUT2D eigenvalue weighted by atomic mass is 16.7. The van der Waals surface area contributed by atoms with Crippen LogP contribution in [0.15, 0.2) is 97.1 Å². The highest BCUT2D eigenvalue weighted by molar-refractivity contribution is 6.05. The van der Waals surface area contributed by atoms with Gasteiger partial charge >= 0.3 is 0 Å². The van der Waals surface area contributed by atoms with Gasteiger partial charge in [-0.25, -0.2) is 0 Å². The highest BCUT2D eigenvalue weighted by Crippen LogP contribution is 2.28. The first kappa shape index (κ1) is 35.0. The predicted molar refractivity (Wildman–Crippen MR) is 184 cm³/mol. The van der Waals surface area contributed by atoms with Gasteiger partial charge in [0.1, 0.15) is 11.5 Å². The van der Waals surface area contributed by atoms with Crippen LogP contribution in [-0.4, -0.2) is 82.5 Å². The zero-order chi connectivity index (χ0) is 35.0. The molecule has 2 amide bonds. The van der Waals surface area contributed by atoms with Crippen LogP contribution in [0.4, 0.5) is 11.4 Å². The molecule has 2 heterocycles. The lowest BCUT2D eigenvalue weighted by Crippen LogP contribution is -2.40. The quantitative estimate of drug-likeness (QED) is 0.133. The molecular formula is C38H40N2O10. The van der Waals surface area contributed by atoms with Crippen LogP contribution in [-0.2, 0) is 9.47 Å². The van der Waals surface area contributed by atoms with Crippen LogP contribution in [0.25, 0.3) is 11.1 Å². The summed E-state index contributed by atoms with van der Waals surface area (Å²) in [6, 6.07) is 27.9. The van der Waals surface area contributed by atoms with Gasteiger partial charge in [-0.3, -0.25) is 9.59 Å². The van der Waals surface area contributed by atoms with Crippen LogP contribution in [0.1, 0.15) is 46.4 Å². The molecule has 0 bridgehead atoms. The van der Waals surface area contributed by atoms with E-state index in [2.05, 4.69) is 10.6 Å². The first-order valence-electron chi connectivity index (χ1n) is 16.5. The van der Waals surface area contributed by atoms with E-state index in [1.54, 1.807) is 72.8 Å². The second-order valence-electron chi connectivity index (χ2n) is 12.3. The molecule has 2 saturated heterocycles. The van der Waals surface area contributed by atoms with Crippen molar-refractivity contribution in [1.82, 2.24) is 0 Å². The van der Waals surface area contributed by atoms with Crippen molar-refractivity contribution in [3.05, 3.63) is 108 Å². The van der Waals surface area contributed by atoms with Crippen LogP contribution in [0.5, 0.6) is 11.5 Å². The molecule has 0 aromatic heterocycles. The molecule has 2 aliphatic heterocycles. The zero-order valence-electron chi connectivity index (χ0n) is 27.2. The van der Waals surface area contributed by atoms with Gasteiger partial charge in [-0.05, 0) is 59.7 Å². The molecule has 12 nitrogen and oxygen atoms in total. The molecule has 0 aliphatic carbocycles. The normalized spacial score (nSPS) is 23.4. The summed E-state index contributed by atoms with van der Waals surface area (Å²) in [4.78, 5) is 26.0. The lowest BCUT2D eigenvalue weighted by molar-refractivity contribution is -0.185. The molecule has 12 heteroatoms. The fraction of sp³-hybridized carbons (Fsp3) is 0.316. The minimum atomic E-state index is -0.712. The second kappa shape index (κ2) is 16.3. The molecule has 4 aromatic carbocycles. The van der Waals surface area contributed by atoms with Gasteiger partial charge in [0.15, 0.2) is 0 Å². The van der Waals surface area contributed by atoms with Gasteiger partial charge in [0.2, 0.25) is 12.6 Å². The number of hydrogen-bond donors (Lipinski definition) is 6. The van der Waals surface area contributed by atoms with Gasteiger partial charge < -0.3 is 50.0 Å². The fourth-order valence-electron chi connectivity index (χ4n) is 5.91. The van der Waals surface area contributed by atoms with Crippen molar-refractivity contribution in [3.63, 3.8) is 0 Å². The second-order valence-corrected chi connectivity index (χ2v) is 12.3. The number of anilines is 2. The number of amides is 2. The Labute approximate surface area is 289 Å². The Bertz CT molecular complexity index is 1620. The van der Waals surface area contributed by atoms with Crippen LogP contribution in [0, 0.1) is 0 Å². The minimum absolute atomic E-state index is 0.208. The lowest BCUT2D eigenvalue weighted by Gasteiger charge is -2.32. The van der Waals surface area contributed by atoms with E-state index in [4.69, 9.17) is 18.9 Å². The molecule has 6 rings (SSSR count). The Morgan fingerprint density at radius 3 is 1.38 bits per heavy atom. The third kappa shape index (κ3) is 9.24. The predicted octanol–water partition coefficient (Wildman–Crippen LogP) is 4.33. The maximum Gasteiger partial charge on any atom is 0.255 e. The summed E-state index contributed by atoms with van der Waals surface area (Å²) in [5.74, 6) is 0.297. The molecule has 6 N–H and O–H groups in total. The molecule has 262 valence electrons. The van der Waals surface area contributed by atoms with Crippen molar-refractivity contribution in [2.24, 2.45) is 0 Å². The summed E-state index contributed by atoms with van der Waals surface area (Å²) in [7, 11) is 0. The SMILES string of the molecule is O=C(Nc1cccc(OC2CC(O)CC(CO)O2)c1)c1ccc(-c2ccc(C(=O)Nc3cccc(OC4CC(O)CC(CO)O4)c3)cc2)cc1. The minimum Gasteiger partial charge on any atom is -0.465 e. The Morgan fingerprint density at radius 2 is 1.00 bits per heavy atom. The summed E-state index contributed by atoms with van der Waals surface area (Å²) < 4.78 is 23.0. The first-order valence-corrected chi connectivity index (χ1v) is 16.5. The van der Waals surface area contributed by atoms with E-state index in [-0.39, 0.29) is 37.9 Å². The lowest BCUT2D eigenvalue weighted by atomic mass is 10.0. The standard InChI is InChI=1S/C38H40N2O10/c41-21-33-17-29(43)19-35(49-33)47-31-5-1-3-27(15-31)39-37(45)25-11-7-23(8-12-25)24-9-13-26(14-10-24)38(46)40-28-4-2-6-32(16-28)48-36-20-30(44)18-34(22-42)50-36/h1-16,29-30,33-36,41-44H,17-22H2,(H,39,45)(H,40,46). The molecule has 50 heavy (non-hydrogen) atoms. The highest BCUT2D eigenvalue weighted by Gasteiger charge is 2.30. The largest absolute Gasteiger partial charge is 0.465 e. The van der Waals surface area contributed by atoms with E-state index < -0.39 is 37.0 Å². The molecule has 4 aromatic rings. The van der Waals surface area contributed by atoms with Crippen molar-refractivity contribution in [3.8, 4) is 22.6 Å². The molecule has 0 radical (unpaired) electrons. The van der Waals surface area contributed by atoms with E-state index in [9.17, 15) is 30.0 Å². The Kier molecular flexibility index (Phi) is 11.4. The van der Waals surface area contributed by atoms with Crippen molar-refractivity contribution in [1.29, 1.82) is 0 Å². The van der Waals surface area contributed by atoms with Crippen molar-refractivity contribution in [2.75, 3.05) is 23.8 Å². The summed E-state index contributed by atoms with van der Waals surface area (Å²) in [6.07, 6.45) is -2.43. The molecule has 0 spiro atoms. The topological polar surface area (TPSA) is 176 Å². The summed E-state index contributed by atoms with van der Waals surface area (Å²) in [6.45, 7) is -0.415. The monoisotopic (exact) mass is 684 g/mol. The Hall–Kier alpha value is -4.82. The van der Waals surface area contributed by atoms with E-state index >= 15 is 0 Å². The molecule has 6 unspecified atom stereocenters. The van der Waals surface area contributed by atoms with E-state index in [0.29, 0.717) is 46.8 Å².